The predicted molar refractivity (Wildman–Crippen MR) is 74.8 cm³/mol. The molecule has 0 fully saturated rings. The largest absolute Gasteiger partial charge is 0.497 e. The Bertz CT molecular complexity index is 877. The molecule has 2 heterocycles. The van der Waals surface area contributed by atoms with E-state index in [1.807, 2.05) is 0 Å². The molecule has 7 nitrogen and oxygen atoms in total. The second kappa shape index (κ2) is 4.78. The first-order chi connectivity index (χ1) is 10.1. The molecule has 0 spiro atoms. The molecule has 0 bridgehead atoms. The minimum atomic E-state index is -1.18. The van der Waals surface area contributed by atoms with Crippen LogP contribution in [0.1, 0.15) is 10.5 Å². The van der Waals surface area contributed by atoms with Gasteiger partial charge in [-0.2, -0.15) is 9.61 Å². The predicted octanol–water partition coefficient (Wildman–Crippen LogP) is 1.40. The van der Waals surface area contributed by atoms with Crippen molar-refractivity contribution in [2.75, 3.05) is 7.11 Å². The van der Waals surface area contributed by atoms with Crippen LogP contribution in [0.25, 0.3) is 16.9 Å². The fraction of sp³-hybridized carbons (Fsp3) is 0.0714. The van der Waals surface area contributed by atoms with E-state index < -0.39 is 11.5 Å². The summed E-state index contributed by atoms with van der Waals surface area (Å²) < 4.78 is 6.10. The van der Waals surface area contributed by atoms with Gasteiger partial charge in [0.05, 0.1) is 12.8 Å². The highest BCUT2D eigenvalue weighted by molar-refractivity contribution is 5.86. The van der Waals surface area contributed by atoms with Crippen LogP contribution < -0.4 is 10.3 Å². The molecule has 0 saturated carbocycles. The van der Waals surface area contributed by atoms with Crippen LogP contribution in [0.2, 0.25) is 0 Å². The molecule has 0 amide bonds. The van der Waals surface area contributed by atoms with Crippen molar-refractivity contribution in [2.45, 2.75) is 0 Å². The number of rotatable bonds is 3. The number of aromatic carboxylic acids is 1. The van der Waals surface area contributed by atoms with Gasteiger partial charge in [-0.15, -0.1) is 0 Å². The van der Waals surface area contributed by atoms with Gasteiger partial charge in [-0.05, 0) is 29.8 Å². The Kier molecular flexibility index (Phi) is 2.94. The minimum absolute atomic E-state index is 0.185. The molecule has 0 aliphatic heterocycles. The first-order valence-corrected chi connectivity index (χ1v) is 6.09. The third-order valence-corrected chi connectivity index (χ3v) is 3.07. The first-order valence-electron chi connectivity index (χ1n) is 6.09. The third-order valence-electron chi connectivity index (χ3n) is 3.07. The number of H-pyrrole nitrogens is 1. The number of nitrogens with one attached hydrogen (secondary N) is 1. The van der Waals surface area contributed by atoms with Crippen LogP contribution in [0.15, 0.2) is 41.2 Å². The van der Waals surface area contributed by atoms with E-state index in [2.05, 4.69) is 10.1 Å². The highest BCUT2D eigenvalue weighted by atomic mass is 16.5. The number of aromatic amines is 1. The highest BCUT2D eigenvalue weighted by Gasteiger charge is 2.12. The Morgan fingerprint density at radius 2 is 2.00 bits per heavy atom. The third kappa shape index (κ3) is 2.25. The van der Waals surface area contributed by atoms with Crippen LogP contribution in [0.3, 0.4) is 0 Å². The Balaban J connectivity index is 2.14. The summed E-state index contributed by atoms with van der Waals surface area (Å²) in [5.41, 5.74) is 1.10. The zero-order valence-electron chi connectivity index (χ0n) is 11.0. The fourth-order valence-electron chi connectivity index (χ4n) is 2.03. The van der Waals surface area contributed by atoms with Crippen LogP contribution in [-0.4, -0.2) is 32.8 Å². The Hall–Kier alpha value is -3.09. The van der Waals surface area contributed by atoms with Gasteiger partial charge < -0.3 is 14.8 Å². The molecule has 21 heavy (non-hydrogen) atoms. The van der Waals surface area contributed by atoms with Crippen molar-refractivity contribution in [3.63, 3.8) is 0 Å². The van der Waals surface area contributed by atoms with Gasteiger partial charge in [-0.3, -0.25) is 4.79 Å². The maximum atomic E-state index is 12.0. The van der Waals surface area contributed by atoms with E-state index in [1.165, 1.54) is 12.1 Å². The van der Waals surface area contributed by atoms with E-state index in [1.54, 1.807) is 31.4 Å². The van der Waals surface area contributed by atoms with Gasteiger partial charge in [0.25, 0.3) is 5.56 Å². The van der Waals surface area contributed by atoms with E-state index in [9.17, 15) is 9.59 Å². The lowest BCUT2D eigenvalue weighted by atomic mass is 10.1. The van der Waals surface area contributed by atoms with Crippen molar-refractivity contribution in [1.82, 2.24) is 14.6 Å². The molecular weight excluding hydrogens is 274 g/mol. The van der Waals surface area contributed by atoms with Crippen LogP contribution in [0.4, 0.5) is 0 Å². The number of ether oxygens (including phenoxy) is 1. The molecule has 0 radical (unpaired) electrons. The number of nitrogens with zero attached hydrogens (tertiary/aromatic N) is 2. The van der Waals surface area contributed by atoms with Crippen LogP contribution in [-0.2, 0) is 0 Å². The molecule has 1 aromatic carbocycles. The summed E-state index contributed by atoms with van der Waals surface area (Å²) in [6, 6.07) is 9.84. The lowest BCUT2D eigenvalue weighted by Gasteiger charge is -2.04. The number of carboxylic acids is 1. The molecule has 7 heteroatoms. The molecule has 3 rings (SSSR count). The summed E-state index contributed by atoms with van der Waals surface area (Å²) in [7, 11) is 1.57. The SMILES string of the molecule is COc1ccc(-c2cc(=O)n3nc(C(=O)O)cc3[nH]2)cc1. The van der Waals surface area contributed by atoms with Crippen LogP contribution in [0, 0.1) is 0 Å². The van der Waals surface area contributed by atoms with Gasteiger partial charge in [-0.1, -0.05) is 0 Å². The number of fused-ring (bicyclic) bond motifs is 1. The number of carbonyl (C=O) groups is 1. The van der Waals surface area contributed by atoms with Crippen molar-refractivity contribution in [2.24, 2.45) is 0 Å². The smallest absolute Gasteiger partial charge is 0.356 e. The number of hydrogen-bond acceptors (Lipinski definition) is 4. The van der Waals surface area contributed by atoms with Gasteiger partial charge in [0.15, 0.2) is 5.69 Å². The van der Waals surface area contributed by atoms with Crippen molar-refractivity contribution in [1.29, 1.82) is 0 Å². The molecule has 3 aromatic rings. The summed E-state index contributed by atoms with van der Waals surface area (Å²) in [5.74, 6) is -0.475. The zero-order valence-corrected chi connectivity index (χ0v) is 11.0. The summed E-state index contributed by atoms with van der Waals surface area (Å²) >= 11 is 0. The van der Waals surface area contributed by atoms with E-state index in [4.69, 9.17) is 9.84 Å². The molecule has 0 unspecified atom stereocenters. The normalized spacial score (nSPS) is 10.7. The van der Waals surface area contributed by atoms with Gasteiger partial charge in [-0.25, -0.2) is 4.79 Å². The van der Waals surface area contributed by atoms with E-state index in [0.29, 0.717) is 17.1 Å². The van der Waals surface area contributed by atoms with Crippen LogP contribution in [0.5, 0.6) is 5.75 Å². The summed E-state index contributed by atoms with van der Waals surface area (Å²) in [6.45, 7) is 0. The van der Waals surface area contributed by atoms with Crippen molar-refractivity contribution >= 4 is 11.6 Å². The maximum absolute atomic E-state index is 12.0. The Morgan fingerprint density at radius 3 is 2.62 bits per heavy atom. The summed E-state index contributed by atoms with van der Waals surface area (Å²) in [6.07, 6.45) is 0. The topological polar surface area (TPSA) is 96.7 Å². The van der Waals surface area contributed by atoms with Crippen LogP contribution >= 0.6 is 0 Å². The molecule has 0 aliphatic rings. The number of methoxy groups -OCH3 is 1. The van der Waals surface area contributed by atoms with Crippen molar-refractivity contribution in [3.05, 3.63) is 52.4 Å². The maximum Gasteiger partial charge on any atom is 0.356 e. The lowest BCUT2D eigenvalue weighted by Crippen LogP contribution is -2.14. The molecule has 106 valence electrons. The molecule has 0 aliphatic carbocycles. The fourth-order valence-corrected chi connectivity index (χ4v) is 2.03. The quantitative estimate of drug-likeness (QED) is 0.758. The van der Waals surface area contributed by atoms with E-state index in [-0.39, 0.29) is 5.69 Å². The standard InChI is InChI=1S/C14H11N3O4/c1-21-9-4-2-8(3-5-9)10-7-13(18)17-12(15-10)6-11(16-17)14(19)20/h2-7,15H,1H3,(H,19,20). The average molecular weight is 285 g/mol. The monoisotopic (exact) mass is 285 g/mol. The van der Waals surface area contributed by atoms with Crippen molar-refractivity contribution in [3.8, 4) is 17.0 Å². The molecule has 2 aromatic heterocycles. The second-order valence-electron chi connectivity index (χ2n) is 4.38. The minimum Gasteiger partial charge on any atom is -0.497 e. The van der Waals surface area contributed by atoms with Gasteiger partial charge in [0.2, 0.25) is 0 Å². The molecule has 0 atom stereocenters. The van der Waals surface area contributed by atoms with Gasteiger partial charge in [0, 0.05) is 12.1 Å². The Labute approximate surface area is 118 Å². The number of hydrogen-bond donors (Lipinski definition) is 2. The first kappa shape index (κ1) is 12.9. The summed E-state index contributed by atoms with van der Waals surface area (Å²) in [4.78, 5) is 25.9. The average Bonchev–Trinajstić information content (AvgIpc) is 2.92. The molecule has 0 saturated heterocycles. The highest BCUT2D eigenvalue weighted by Crippen LogP contribution is 2.20. The number of benzene rings is 1. The number of carboxylic acid groups (broad SMARTS) is 1. The zero-order chi connectivity index (χ0) is 15.0. The molecular formula is C14H11N3O4. The number of aromatic nitrogens is 3. The van der Waals surface area contributed by atoms with Crippen molar-refractivity contribution < 1.29 is 14.6 Å². The molecule has 2 N–H and O–H groups in total. The van der Waals surface area contributed by atoms with Gasteiger partial charge in [0.1, 0.15) is 11.4 Å². The van der Waals surface area contributed by atoms with E-state index in [0.717, 1.165) is 10.1 Å². The van der Waals surface area contributed by atoms with Gasteiger partial charge >= 0.3 is 5.97 Å². The van der Waals surface area contributed by atoms with E-state index >= 15 is 0 Å². The second-order valence-corrected chi connectivity index (χ2v) is 4.38. The Morgan fingerprint density at radius 1 is 1.29 bits per heavy atom. The summed E-state index contributed by atoms with van der Waals surface area (Å²) in [5, 5.41) is 12.6. The lowest BCUT2D eigenvalue weighted by molar-refractivity contribution is 0.0690.